The zero-order valence-electron chi connectivity index (χ0n) is 21.2. The first-order valence-electron chi connectivity index (χ1n) is 12.9. The molecular weight excluding hydrogens is 472 g/mol. The maximum absolute atomic E-state index is 13.2. The zero-order chi connectivity index (χ0) is 25.6. The Balaban J connectivity index is 1.67. The van der Waals surface area contributed by atoms with Gasteiger partial charge in [-0.15, -0.1) is 11.6 Å². The number of aliphatic hydroxyl groups excluding tert-OH is 1. The van der Waals surface area contributed by atoms with Crippen molar-refractivity contribution in [3.05, 3.63) is 23.8 Å². The van der Waals surface area contributed by atoms with E-state index in [0.717, 1.165) is 18.4 Å². The molecule has 196 valence electrons. The van der Waals surface area contributed by atoms with E-state index in [1.54, 1.807) is 12.2 Å². The van der Waals surface area contributed by atoms with E-state index in [2.05, 4.69) is 6.92 Å². The average molecular weight is 511 g/mol. The van der Waals surface area contributed by atoms with Gasteiger partial charge in [0.25, 0.3) is 0 Å². The highest BCUT2D eigenvalue weighted by Gasteiger charge is 2.71. The Morgan fingerprint density at radius 1 is 1.26 bits per heavy atom. The minimum Gasteiger partial charge on any atom is -0.393 e. The van der Waals surface area contributed by atoms with Gasteiger partial charge in [0.2, 0.25) is 0 Å². The first-order valence-corrected chi connectivity index (χ1v) is 13.4. The van der Waals surface area contributed by atoms with Crippen molar-refractivity contribution < 1.29 is 34.0 Å². The summed E-state index contributed by atoms with van der Waals surface area (Å²) in [6, 6.07) is 0. The fourth-order valence-corrected chi connectivity index (χ4v) is 8.02. The molecule has 0 unspecified atom stereocenters. The molecule has 0 spiro atoms. The van der Waals surface area contributed by atoms with Crippen molar-refractivity contribution >= 4 is 23.2 Å². The van der Waals surface area contributed by atoms with Crippen LogP contribution >= 0.6 is 11.6 Å². The third-order valence-corrected chi connectivity index (χ3v) is 9.62. The van der Waals surface area contributed by atoms with E-state index in [0.29, 0.717) is 19.6 Å². The van der Waals surface area contributed by atoms with E-state index in [4.69, 9.17) is 25.8 Å². The number of allylic oxidation sites excluding steroid dienone is 4. The number of ketones is 2. The number of aliphatic hydroxyl groups is 2. The summed E-state index contributed by atoms with van der Waals surface area (Å²) in [5, 5.41) is 23.6. The van der Waals surface area contributed by atoms with Gasteiger partial charge in [-0.25, -0.2) is 0 Å². The standard InChI is InChI=1S/C27H39ClO7/c1-5-33-23(34-6-2)15-35-22-12-19-18-8-7-16-11-17(29)9-10-25(16,3)24(18)20(30)13-26(19,4)27(22,32)21(31)14-28/h9-11,18-20,22-24,30,32H,5-8,12-15H2,1-4H3/t18-,19-,20-,22+,24+,25-,26-,27+/m0/s1. The lowest BCUT2D eigenvalue weighted by Gasteiger charge is -2.59. The van der Waals surface area contributed by atoms with Gasteiger partial charge in [-0.05, 0) is 63.5 Å². The predicted molar refractivity (Wildman–Crippen MR) is 131 cm³/mol. The van der Waals surface area contributed by atoms with Crippen LogP contribution in [0.1, 0.15) is 53.4 Å². The Labute approximate surface area is 212 Å². The minimum absolute atomic E-state index is 0.0133. The molecule has 4 aliphatic rings. The van der Waals surface area contributed by atoms with Crippen LogP contribution in [0.5, 0.6) is 0 Å². The van der Waals surface area contributed by atoms with Gasteiger partial charge in [0.05, 0.1) is 24.7 Å². The first-order chi connectivity index (χ1) is 16.6. The number of rotatable bonds is 9. The Kier molecular flexibility index (Phi) is 7.70. The normalized spacial score (nSPS) is 42.5. The number of halogens is 1. The summed E-state index contributed by atoms with van der Waals surface area (Å²) in [5.74, 6) is -0.936. The van der Waals surface area contributed by atoms with Gasteiger partial charge in [-0.2, -0.15) is 0 Å². The van der Waals surface area contributed by atoms with Crippen molar-refractivity contribution in [3.63, 3.8) is 0 Å². The predicted octanol–water partition coefficient (Wildman–Crippen LogP) is 3.20. The van der Waals surface area contributed by atoms with Crippen LogP contribution < -0.4 is 0 Å². The number of fused-ring (bicyclic) bond motifs is 5. The maximum atomic E-state index is 13.2. The molecule has 0 saturated heterocycles. The molecule has 8 atom stereocenters. The summed E-state index contributed by atoms with van der Waals surface area (Å²) in [4.78, 5) is 25.3. The van der Waals surface area contributed by atoms with Crippen LogP contribution in [0.2, 0.25) is 0 Å². The highest BCUT2D eigenvalue weighted by atomic mass is 35.5. The quantitative estimate of drug-likeness (QED) is 0.362. The van der Waals surface area contributed by atoms with Crippen LogP contribution in [0, 0.1) is 28.6 Å². The number of ether oxygens (including phenoxy) is 3. The van der Waals surface area contributed by atoms with Crippen LogP contribution in [0.15, 0.2) is 23.8 Å². The van der Waals surface area contributed by atoms with Crippen LogP contribution in [0.3, 0.4) is 0 Å². The highest BCUT2D eigenvalue weighted by molar-refractivity contribution is 6.29. The molecule has 0 bridgehead atoms. The number of hydrogen-bond acceptors (Lipinski definition) is 7. The molecule has 2 N–H and O–H groups in total. The summed E-state index contributed by atoms with van der Waals surface area (Å²) in [7, 11) is 0. The minimum atomic E-state index is -1.83. The summed E-state index contributed by atoms with van der Waals surface area (Å²) in [5.41, 5.74) is -2.10. The van der Waals surface area contributed by atoms with E-state index < -0.39 is 40.7 Å². The van der Waals surface area contributed by atoms with E-state index in [1.807, 2.05) is 26.8 Å². The average Bonchev–Trinajstić information content (AvgIpc) is 3.04. The van der Waals surface area contributed by atoms with Crippen molar-refractivity contribution in [1.29, 1.82) is 0 Å². The van der Waals surface area contributed by atoms with E-state index in [9.17, 15) is 19.8 Å². The first kappa shape index (κ1) is 27.0. The molecule has 4 aliphatic carbocycles. The Bertz CT molecular complexity index is 896. The van der Waals surface area contributed by atoms with Gasteiger partial charge in [-0.1, -0.05) is 25.5 Å². The SMILES string of the molecule is CCOC(CO[C@@H]1C[C@H]2[C@@H]3CCC4=CC(=O)C=C[C@]4(C)[C@H]3[C@@H](O)C[C@]2(C)[C@@]1(O)C(=O)CCl)OCC. The fraction of sp³-hybridized carbons (Fsp3) is 0.778. The van der Waals surface area contributed by atoms with E-state index in [1.165, 1.54) is 0 Å². The molecule has 0 heterocycles. The molecule has 3 fully saturated rings. The van der Waals surface area contributed by atoms with Crippen molar-refractivity contribution in [2.75, 3.05) is 25.7 Å². The van der Waals surface area contributed by atoms with Crippen LogP contribution in [-0.2, 0) is 23.8 Å². The molecule has 7 nitrogen and oxygen atoms in total. The maximum Gasteiger partial charge on any atom is 0.182 e. The number of alkyl halides is 1. The molecule has 0 radical (unpaired) electrons. The lowest BCUT2D eigenvalue weighted by Crippen LogP contribution is -2.64. The van der Waals surface area contributed by atoms with Gasteiger partial charge in [0, 0.05) is 30.0 Å². The molecule has 0 amide bonds. The number of carbonyl (C=O) groups is 2. The van der Waals surface area contributed by atoms with E-state index in [-0.39, 0.29) is 42.4 Å². The van der Waals surface area contributed by atoms with Gasteiger partial charge in [0.1, 0.15) is 0 Å². The number of Topliss-reactive ketones (excluding diaryl/α,β-unsaturated/α-hetero) is 1. The Hall–Kier alpha value is -1.09. The summed E-state index contributed by atoms with van der Waals surface area (Å²) >= 11 is 6.02. The van der Waals surface area contributed by atoms with Gasteiger partial charge < -0.3 is 24.4 Å². The number of hydrogen-bond donors (Lipinski definition) is 2. The summed E-state index contributed by atoms with van der Waals surface area (Å²) < 4.78 is 17.4. The van der Waals surface area contributed by atoms with Crippen LogP contribution in [0.25, 0.3) is 0 Å². The number of carbonyl (C=O) groups excluding carboxylic acids is 2. The largest absolute Gasteiger partial charge is 0.393 e. The second-order valence-electron chi connectivity index (χ2n) is 10.9. The molecule has 8 heteroatoms. The second-order valence-corrected chi connectivity index (χ2v) is 11.2. The Morgan fingerprint density at radius 2 is 1.94 bits per heavy atom. The lowest BCUT2D eigenvalue weighted by atomic mass is 9.46. The molecule has 0 aromatic carbocycles. The van der Waals surface area contributed by atoms with Gasteiger partial charge >= 0.3 is 0 Å². The van der Waals surface area contributed by atoms with Crippen molar-refractivity contribution in [3.8, 4) is 0 Å². The third kappa shape index (κ3) is 4.16. The molecule has 35 heavy (non-hydrogen) atoms. The zero-order valence-corrected chi connectivity index (χ0v) is 21.9. The highest BCUT2D eigenvalue weighted by Crippen LogP contribution is 2.67. The fourth-order valence-electron chi connectivity index (χ4n) is 7.81. The Morgan fingerprint density at radius 3 is 2.57 bits per heavy atom. The third-order valence-electron chi connectivity index (χ3n) is 9.38. The molecule has 4 rings (SSSR count). The second kappa shape index (κ2) is 9.99. The van der Waals surface area contributed by atoms with Crippen LogP contribution in [0.4, 0.5) is 0 Å². The molecule has 0 aromatic rings. The summed E-state index contributed by atoms with van der Waals surface area (Å²) in [6.45, 7) is 8.71. The molecular formula is C27H39ClO7. The van der Waals surface area contributed by atoms with Crippen molar-refractivity contribution in [2.45, 2.75) is 77.5 Å². The summed E-state index contributed by atoms with van der Waals surface area (Å²) in [6.07, 6.45) is 5.39. The van der Waals surface area contributed by atoms with Crippen molar-refractivity contribution in [1.82, 2.24) is 0 Å². The molecule has 0 aliphatic heterocycles. The monoisotopic (exact) mass is 510 g/mol. The van der Waals surface area contributed by atoms with Gasteiger partial charge in [0.15, 0.2) is 23.5 Å². The molecule has 0 aromatic heterocycles. The van der Waals surface area contributed by atoms with Crippen LogP contribution in [-0.4, -0.2) is 71.6 Å². The lowest BCUT2D eigenvalue weighted by molar-refractivity contribution is -0.211. The smallest absolute Gasteiger partial charge is 0.182 e. The van der Waals surface area contributed by atoms with Crippen molar-refractivity contribution in [2.24, 2.45) is 28.6 Å². The topological polar surface area (TPSA) is 102 Å². The van der Waals surface area contributed by atoms with Gasteiger partial charge in [-0.3, -0.25) is 9.59 Å². The molecule has 3 saturated carbocycles. The van der Waals surface area contributed by atoms with E-state index >= 15 is 0 Å².